The van der Waals surface area contributed by atoms with Gasteiger partial charge < -0.3 is 8.98 Å². The predicted octanol–water partition coefficient (Wildman–Crippen LogP) is 8.22. The van der Waals surface area contributed by atoms with Gasteiger partial charge in [-0.2, -0.15) is 5.26 Å². The van der Waals surface area contributed by atoms with Crippen LogP contribution in [0.1, 0.15) is 5.56 Å². The van der Waals surface area contributed by atoms with Crippen LogP contribution in [-0.4, -0.2) is 4.57 Å². The van der Waals surface area contributed by atoms with Crippen LogP contribution in [0.2, 0.25) is 0 Å². The number of furan rings is 1. The summed E-state index contributed by atoms with van der Waals surface area (Å²) in [6.07, 6.45) is 0. The Morgan fingerprint density at radius 1 is 0.588 bits per heavy atom. The molecule has 0 spiro atoms. The summed E-state index contributed by atoms with van der Waals surface area (Å²) in [6, 6.07) is 39.9. The fourth-order valence-corrected chi connectivity index (χ4v) is 5.07. The monoisotopic (exact) mass is 434 g/mol. The van der Waals surface area contributed by atoms with E-state index in [4.69, 9.17) is 4.42 Å². The van der Waals surface area contributed by atoms with E-state index in [9.17, 15) is 5.26 Å². The number of hydrogen-bond acceptors (Lipinski definition) is 2. The highest BCUT2D eigenvalue weighted by molar-refractivity contribution is 6.11. The molecule has 7 aromatic rings. The maximum atomic E-state index is 9.49. The molecule has 0 aliphatic carbocycles. The zero-order valence-corrected chi connectivity index (χ0v) is 18.2. The molecule has 0 saturated carbocycles. The third kappa shape index (κ3) is 2.63. The second-order valence-electron chi connectivity index (χ2n) is 8.53. The summed E-state index contributed by atoms with van der Waals surface area (Å²) in [5.74, 6) is 0. The molecular formula is C31H18N2O. The minimum Gasteiger partial charge on any atom is -0.455 e. The molecular weight excluding hydrogens is 416 g/mol. The van der Waals surface area contributed by atoms with Gasteiger partial charge in [0.25, 0.3) is 0 Å². The van der Waals surface area contributed by atoms with E-state index >= 15 is 0 Å². The summed E-state index contributed by atoms with van der Waals surface area (Å²) in [7, 11) is 0. The highest BCUT2D eigenvalue weighted by atomic mass is 16.3. The van der Waals surface area contributed by atoms with Crippen LogP contribution in [-0.2, 0) is 0 Å². The third-order valence-electron chi connectivity index (χ3n) is 6.64. The summed E-state index contributed by atoms with van der Waals surface area (Å²) in [4.78, 5) is 0. The van der Waals surface area contributed by atoms with Crippen LogP contribution >= 0.6 is 0 Å². The van der Waals surface area contributed by atoms with E-state index < -0.39 is 0 Å². The number of nitrogens with zero attached hydrogens (tertiary/aromatic N) is 2. The summed E-state index contributed by atoms with van der Waals surface area (Å²) in [5, 5.41) is 13.9. The first-order valence-electron chi connectivity index (χ1n) is 11.3. The number of aromatic nitrogens is 1. The molecule has 0 atom stereocenters. The van der Waals surface area contributed by atoms with Crippen molar-refractivity contribution < 1.29 is 4.42 Å². The Morgan fingerprint density at radius 2 is 1.38 bits per heavy atom. The van der Waals surface area contributed by atoms with Crippen molar-refractivity contribution in [3.63, 3.8) is 0 Å². The fourth-order valence-electron chi connectivity index (χ4n) is 5.07. The number of hydrogen-bond donors (Lipinski definition) is 0. The van der Waals surface area contributed by atoms with Gasteiger partial charge in [-0.25, -0.2) is 0 Å². The summed E-state index contributed by atoms with van der Waals surface area (Å²) in [5.41, 5.74) is 7.78. The van der Waals surface area contributed by atoms with Gasteiger partial charge in [0.1, 0.15) is 11.7 Å². The largest absolute Gasteiger partial charge is 0.455 e. The zero-order valence-electron chi connectivity index (χ0n) is 18.2. The van der Waals surface area contributed by atoms with Gasteiger partial charge in [-0.3, -0.25) is 0 Å². The lowest BCUT2D eigenvalue weighted by Crippen LogP contribution is -1.93. The number of nitriles is 1. The lowest BCUT2D eigenvalue weighted by molar-refractivity contribution is 0.667. The lowest BCUT2D eigenvalue weighted by atomic mass is 10.0. The molecule has 3 nitrogen and oxygen atoms in total. The van der Waals surface area contributed by atoms with Crippen molar-refractivity contribution in [1.82, 2.24) is 4.57 Å². The number of benzene rings is 5. The Kier molecular flexibility index (Phi) is 3.91. The van der Waals surface area contributed by atoms with Crippen LogP contribution in [0.3, 0.4) is 0 Å². The van der Waals surface area contributed by atoms with E-state index in [0.717, 1.165) is 33.1 Å². The second-order valence-corrected chi connectivity index (χ2v) is 8.53. The highest BCUT2D eigenvalue weighted by Gasteiger charge is 2.16. The van der Waals surface area contributed by atoms with Crippen molar-refractivity contribution in [1.29, 1.82) is 5.26 Å². The summed E-state index contributed by atoms with van der Waals surface area (Å²) in [6.45, 7) is 0. The van der Waals surface area contributed by atoms with Gasteiger partial charge in [0.05, 0.1) is 16.6 Å². The topological polar surface area (TPSA) is 41.9 Å². The first kappa shape index (κ1) is 18.7. The third-order valence-corrected chi connectivity index (χ3v) is 6.64. The van der Waals surface area contributed by atoms with Gasteiger partial charge in [0.15, 0.2) is 5.58 Å². The average Bonchev–Trinajstić information content (AvgIpc) is 3.44. The van der Waals surface area contributed by atoms with Crippen molar-refractivity contribution in [3.05, 3.63) is 115 Å². The first-order valence-corrected chi connectivity index (χ1v) is 11.3. The number of fused-ring (bicyclic) bond motifs is 6. The molecule has 0 bridgehead atoms. The van der Waals surface area contributed by atoms with Crippen molar-refractivity contribution in [3.8, 4) is 22.9 Å². The molecule has 0 N–H and O–H groups in total. The Labute approximate surface area is 195 Å². The van der Waals surface area contributed by atoms with Crippen LogP contribution in [0.25, 0.3) is 60.6 Å². The minimum absolute atomic E-state index is 0.556. The smallest absolute Gasteiger partial charge is 0.153 e. The van der Waals surface area contributed by atoms with E-state index in [2.05, 4.69) is 89.5 Å². The first-order chi connectivity index (χ1) is 16.8. The molecule has 7 rings (SSSR count). The summed E-state index contributed by atoms with van der Waals surface area (Å²) >= 11 is 0. The van der Waals surface area contributed by atoms with E-state index in [1.54, 1.807) is 6.07 Å². The Bertz CT molecular complexity index is 1920. The minimum atomic E-state index is 0.556. The average molecular weight is 434 g/mol. The Morgan fingerprint density at radius 3 is 2.26 bits per heavy atom. The number of rotatable bonds is 2. The van der Waals surface area contributed by atoms with Gasteiger partial charge in [-0.05, 0) is 53.6 Å². The van der Waals surface area contributed by atoms with Gasteiger partial charge in [-0.15, -0.1) is 0 Å². The van der Waals surface area contributed by atoms with Crippen molar-refractivity contribution in [2.45, 2.75) is 0 Å². The number of para-hydroxylation sites is 2. The molecule has 2 heterocycles. The summed E-state index contributed by atoms with van der Waals surface area (Å²) < 4.78 is 8.37. The Balaban J connectivity index is 1.52. The van der Waals surface area contributed by atoms with Crippen LogP contribution < -0.4 is 0 Å². The molecule has 0 aliphatic rings. The van der Waals surface area contributed by atoms with Gasteiger partial charge in [0, 0.05) is 27.2 Å². The highest BCUT2D eigenvalue weighted by Crippen LogP contribution is 2.37. The molecule has 0 saturated heterocycles. The van der Waals surface area contributed by atoms with E-state index in [0.29, 0.717) is 11.1 Å². The maximum absolute atomic E-state index is 9.49. The van der Waals surface area contributed by atoms with E-state index in [1.165, 1.54) is 21.9 Å². The van der Waals surface area contributed by atoms with Gasteiger partial charge >= 0.3 is 0 Å². The standard InChI is InChI=1S/C31H18N2O/c32-19-22-9-6-11-25-27-18-23(14-16-30(27)34-31(22)25)33-28-12-5-4-10-24(28)26-17-21(13-15-29(26)33)20-7-2-1-3-8-20/h1-18H. The van der Waals surface area contributed by atoms with Crippen LogP contribution in [0.4, 0.5) is 0 Å². The van der Waals surface area contributed by atoms with Crippen molar-refractivity contribution in [2.24, 2.45) is 0 Å². The lowest BCUT2D eigenvalue weighted by Gasteiger charge is -2.08. The molecule has 0 unspecified atom stereocenters. The molecule has 34 heavy (non-hydrogen) atoms. The second kappa shape index (κ2) is 7.10. The molecule has 0 fully saturated rings. The van der Waals surface area contributed by atoms with Gasteiger partial charge in [0.2, 0.25) is 0 Å². The molecule has 0 radical (unpaired) electrons. The van der Waals surface area contributed by atoms with Crippen molar-refractivity contribution >= 4 is 43.7 Å². The zero-order chi connectivity index (χ0) is 22.6. The molecule has 0 aliphatic heterocycles. The molecule has 2 aromatic heterocycles. The fraction of sp³-hybridized carbons (Fsp3) is 0. The van der Waals surface area contributed by atoms with E-state index in [-0.39, 0.29) is 0 Å². The van der Waals surface area contributed by atoms with Crippen LogP contribution in [0, 0.1) is 11.3 Å². The van der Waals surface area contributed by atoms with Gasteiger partial charge in [-0.1, -0.05) is 66.7 Å². The molecule has 3 heteroatoms. The van der Waals surface area contributed by atoms with Crippen molar-refractivity contribution in [2.75, 3.05) is 0 Å². The molecule has 158 valence electrons. The van der Waals surface area contributed by atoms with Crippen LogP contribution in [0.15, 0.2) is 114 Å². The SMILES string of the molecule is N#Cc1cccc2c1oc1ccc(-n3c4ccccc4c4cc(-c5ccccc5)ccc43)cc12. The molecule has 0 amide bonds. The molecule has 5 aromatic carbocycles. The maximum Gasteiger partial charge on any atom is 0.153 e. The van der Waals surface area contributed by atoms with E-state index in [1.807, 2.05) is 24.3 Å². The Hall–Kier alpha value is -4.81. The predicted molar refractivity (Wildman–Crippen MR) is 138 cm³/mol. The normalized spacial score (nSPS) is 11.5. The van der Waals surface area contributed by atoms with Crippen LogP contribution in [0.5, 0.6) is 0 Å². The quantitative estimate of drug-likeness (QED) is 0.275.